The van der Waals surface area contributed by atoms with Crippen molar-refractivity contribution in [3.05, 3.63) is 24.2 Å². The van der Waals surface area contributed by atoms with Crippen LogP contribution >= 0.6 is 0 Å². The van der Waals surface area contributed by atoms with E-state index in [1.165, 1.54) is 7.11 Å². The SMILES string of the molecule is COC(=O)CCN(Cc1ccco1)C(=O)C1CC1. The number of rotatable bonds is 6. The van der Waals surface area contributed by atoms with E-state index in [0.717, 1.165) is 18.6 Å². The minimum absolute atomic E-state index is 0.107. The van der Waals surface area contributed by atoms with Crippen LogP contribution in [0.1, 0.15) is 25.0 Å². The standard InChI is InChI=1S/C13H17NO4/c1-17-12(15)6-7-14(13(16)10-4-5-10)9-11-3-2-8-18-11/h2-3,8,10H,4-7,9H2,1H3. The molecular formula is C13H17NO4. The summed E-state index contributed by atoms with van der Waals surface area (Å²) in [5, 5.41) is 0. The van der Waals surface area contributed by atoms with Crippen molar-refractivity contribution in [1.29, 1.82) is 0 Å². The zero-order valence-electron chi connectivity index (χ0n) is 10.4. The molecule has 98 valence electrons. The zero-order valence-corrected chi connectivity index (χ0v) is 10.4. The Kier molecular flexibility index (Phi) is 4.02. The number of carbonyl (C=O) groups excluding carboxylic acids is 2. The summed E-state index contributed by atoms with van der Waals surface area (Å²) >= 11 is 0. The highest BCUT2D eigenvalue weighted by Crippen LogP contribution is 2.31. The predicted molar refractivity (Wildman–Crippen MR) is 63.5 cm³/mol. The van der Waals surface area contributed by atoms with Crippen molar-refractivity contribution >= 4 is 11.9 Å². The molecule has 0 aliphatic heterocycles. The van der Waals surface area contributed by atoms with E-state index in [0.29, 0.717) is 13.1 Å². The van der Waals surface area contributed by atoms with Gasteiger partial charge in [0.25, 0.3) is 0 Å². The van der Waals surface area contributed by atoms with Crippen LogP contribution in [0.3, 0.4) is 0 Å². The van der Waals surface area contributed by atoms with E-state index >= 15 is 0 Å². The summed E-state index contributed by atoms with van der Waals surface area (Å²) in [6, 6.07) is 3.61. The van der Waals surface area contributed by atoms with Gasteiger partial charge in [-0.1, -0.05) is 0 Å². The summed E-state index contributed by atoms with van der Waals surface area (Å²) in [6.07, 6.45) is 3.70. The number of methoxy groups -OCH3 is 1. The summed E-state index contributed by atoms with van der Waals surface area (Å²) in [6.45, 7) is 0.794. The topological polar surface area (TPSA) is 59.8 Å². The monoisotopic (exact) mass is 251 g/mol. The van der Waals surface area contributed by atoms with E-state index in [2.05, 4.69) is 4.74 Å². The molecule has 0 radical (unpaired) electrons. The molecule has 0 atom stereocenters. The highest BCUT2D eigenvalue weighted by Gasteiger charge is 2.33. The fourth-order valence-corrected chi connectivity index (χ4v) is 1.77. The summed E-state index contributed by atoms with van der Waals surface area (Å²) in [7, 11) is 1.35. The van der Waals surface area contributed by atoms with Gasteiger partial charge in [-0.3, -0.25) is 9.59 Å². The molecule has 0 saturated heterocycles. The third-order valence-corrected chi connectivity index (χ3v) is 2.98. The lowest BCUT2D eigenvalue weighted by Gasteiger charge is -2.21. The molecule has 1 amide bonds. The molecule has 1 heterocycles. The Hall–Kier alpha value is -1.78. The fourth-order valence-electron chi connectivity index (χ4n) is 1.77. The molecule has 5 nitrogen and oxygen atoms in total. The Morgan fingerprint density at radius 2 is 2.28 bits per heavy atom. The molecule has 5 heteroatoms. The summed E-state index contributed by atoms with van der Waals surface area (Å²) in [4.78, 5) is 24.9. The highest BCUT2D eigenvalue weighted by atomic mass is 16.5. The molecule has 18 heavy (non-hydrogen) atoms. The van der Waals surface area contributed by atoms with Gasteiger partial charge in [0.2, 0.25) is 5.91 Å². The molecule has 1 aromatic heterocycles. The van der Waals surface area contributed by atoms with E-state index in [1.54, 1.807) is 17.2 Å². The molecule has 2 rings (SSSR count). The Morgan fingerprint density at radius 1 is 1.50 bits per heavy atom. The van der Waals surface area contributed by atoms with Gasteiger partial charge in [0.1, 0.15) is 5.76 Å². The molecule has 0 spiro atoms. The van der Waals surface area contributed by atoms with Crippen LogP contribution in [0.15, 0.2) is 22.8 Å². The Morgan fingerprint density at radius 3 is 2.83 bits per heavy atom. The second-order valence-electron chi connectivity index (χ2n) is 4.44. The minimum Gasteiger partial charge on any atom is -0.469 e. The first-order valence-corrected chi connectivity index (χ1v) is 6.08. The average Bonchev–Trinajstić information content (AvgIpc) is 3.11. The molecule has 1 aliphatic rings. The van der Waals surface area contributed by atoms with Gasteiger partial charge in [0, 0.05) is 12.5 Å². The van der Waals surface area contributed by atoms with Crippen LogP contribution in [0, 0.1) is 5.92 Å². The molecule has 1 aromatic rings. The first kappa shape index (κ1) is 12.7. The third kappa shape index (κ3) is 3.35. The third-order valence-electron chi connectivity index (χ3n) is 2.98. The van der Waals surface area contributed by atoms with Gasteiger partial charge in [-0.05, 0) is 25.0 Å². The lowest BCUT2D eigenvalue weighted by molar-refractivity contribution is -0.142. The minimum atomic E-state index is -0.303. The van der Waals surface area contributed by atoms with Gasteiger partial charge in [-0.25, -0.2) is 0 Å². The first-order valence-electron chi connectivity index (χ1n) is 6.08. The summed E-state index contributed by atoms with van der Waals surface area (Å²) < 4.78 is 9.83. The maximum atomic E-state index is 12.1. The van der Waals surface area contributed by atoms with Crippen molar-refractivity contribution < 1.29 is 18.7 Å². The van der Waals surface area contributed by atoms with E-state index in [4.69, 9.17) is 4.42 Å². The molecule has 1 saturated carbocycles. The van der Waals surface area contributed by atoms with Crippen molar-refractivity contribution in [1.82, 2.24) is 4.90 Å². The van der Waals surface area contributed by atoms with E-state index < -0.39 is 0 Å². The van der Waals surface area contributed by atoms with Crippen molar-refractivity contribution in [3.8, 4) is 0 Å². The van der Waals surface area contributed by atoms with Gasteiger partial charge in [-0.2, -0.15) is 0 Å². The molecule has 1 aliphatic carbocycles. The Labute approximate surface area is 106 Å². The van der Waals surface area contributed by atoms with Crippen LogP contribution in [-0.2, 0) is 20.9 Å². The van der Waals surface area contributed by atoms with Crippen LogP contribution in [0.4, 0.5) is 0 Å². The molecule has 1 fully saturated rings. The number of amides is 1. The number of hydrogen-bond donors (Lipinski definition) is 0. The quantitative estimate of drug-likeness (QED) is 0.720. The van der Waals surface area contributed by atoms with Gasteiger partial charge >= 0.3 is 5.97 Å². The van der Waals surface area contributed by atoms with Crippen LogP contribution in [-0.4, -0.2) is 30.4 Å². The number of furan rings is 1. The van der Waals surface area contributed by atoms with Gasteiger partial charge in [0.05, 0.1) is 26.3 Å². The largest absolute Gasteiger partial charge is 0.469 e. The van der Waals surface area contributed by atoms with Crippen molar-refractivity contribution in [3.63, 3.8) is 0 Å². The maximum Gasteiger partial charge on any atom is 0.307 e. The van der Waals surface area contributed by atoms with Crippen LogP contribution in [0.2, 0.25) is 0 Å². The van der Waals surface area contributed by atoms with Crippen molar-refractivity contribution in [2.45, 2.75) is 25.8 Å². The normalized spacial score (nSPS) is 14.3. The second-order valence-corrected chi connectivity index (χ2v) is 4.44. The maximum absolute atomic E-state index is 12.1. The average molecular weight is 251 g/mol. The lowest BCUT2D eigenvalue weighted by atomic mass is 10.3. The summed E-state index contributed by atoms with van der Waals surface area (Å²) in [5.41, 5.74) is 0. The number of hydrogen-bond acceptors (Lipinski definition) is 4. The zero-order chi connectivity index (χ0) is 13.0. The second kappa shape index (κ2) is 5.71. The number of ether oxygens (including phenoxy) is 1. The number of esters is 1. The van der Waals surface area contributed by atoms with Crippen molar-refractivity contribution in [2.75, 3.05) is 13.7 Å². The van der Waals surface area contributed by atoms with Crippen molar-refractivity contribution in [2.24, 2.45) is 5.92 Å². The number of nitrogens with zero attached hydrogens (tertiary/aromatic N) is 1. The molecule has 0 aromatic carbocycles. The Bertz CT molecular complexity index is 409. The van der Waals surface area contributed by atoms with Gasteiger partial charge in [-0.15, -0.1) is 0 Å². The van der Waals surface area contributed by atoms with Crippen LogP contribution in [0.25, 0.3) is 0 Å². The summed E-state index contributed by atoms with van der Waals surface area (Å²) in [5.74, 6) is 0.671. The molecule has 0 unspecified atom stereocenters. The molecule has 0 N–H and O–H groups in total. The van der Waals surface area contributed by atoms with Gasteiger partial charge < -0.3 is 14.1 Å². The number of carbonyl (C=O) groups is 2. The van der Waals surface area contributed by atoms with Gasteiger partial charge in [0.15, 0.2) is 0 Å². The first-order chi connectivity index (χ1) is 8.70. The van der Waals surface area contributed by atoms with E-state index in [9.17, 15) is 9.59 Å². The fraction of sp³-hybridized carbons (Fsp3) is 0.538. The molecule has 0 bridgehead atoms. The smallest absolute Gasteiger partial charge is 0.307 e. The van der Waals surface area contributed by atoms with E-state index in [1.807, 2.05) is 6.07 Å². The Balaban J connectivity index is 1.93. The van der Waals surface area contributed by atoms with Crippen LogP contribution in [0.5, 0.6) is 0 Å². The lowest BCUT2D eigenvalue weighted by Crippen LogP contribution is -2.33. The highest BCUT2D eigenvalue weighted by molar-refractivity contribution is 5.81. The van der Waals surface area contributed by atoms with E-state index in [-0.39, 0.29) is 24.2 Å². The van der Waals surface area contributed by atoms with Crippen LogP contribution < -0.4 is 0 Å². The predicted octanol–water partition coefficient (Wildman–Crippen LogP) is 1.58. The molecular weight excluding hydrogens is 234 g/mol.